The third-order valence-corrected chi connectivity index (χ3v) is 6.05. The van der Waals surface area contributed by atoms with Gasteiger partial charge in [0.05, 0.1) is 12.2 Å². The summed E-state index contributed by atoms with van der Waals surface area (Å²) in [4.78, 5) is 12.8. The molecule has 0 unspecified atom stereocenters. The molecule has 1 saturated heterocycles. The highest BCUT2D eigenvalue weighted by Gasteiger charge is 2.40. The lowest BCUT2D eigenvalue weighted by molar-refractivity contribution is -0.132. The fraction of sp³-hybridized carbons (Fsp3) is 0.682. The molecule has 0 spiro atoms. The number of rotatable bonds is 5. The van der Waals surface area contributed by atoms with Gasteiger partial charge in [0.1, 0.15) is 0 Å². The summed E-state index contributed by atoms with van der Waals surface area (Å²) in [6, 6.07) is 7.93. The molecule has 4 heteroatoms. The lowest BCUT2D eigenvalue weighted by atomic mass is 9.81. The van der Waals surface area contributed by atoms with Crippen molar-refractivity contribution in [1.29, 1.82) is 0 Å². The van der Waals surface area contributed by atoms with Gasteiger partial charge in [-0.3, -0.25) is 4.79 Å². The van der Waals surface area contributed by atoms with Crippen molar-refractivity contribution < 1.29 is 9.53 Å². The van der Waals surface area contributed by atoms with Crippen LogP contribution in [0, 0.1) is 11.8 Å². The summed E-state index contributed by atoms with van der Waals surface area (Å²) >= 11 is 6.05. The monoisotopic (exact) mass is 377 g/mol. The molecule has 1 aliphatic carbocycles. The van der Waals surface area contributed by atoms with E-state index in [2.05, 4.69) is 26.1 Å². The summed E-state index contributed by atoms with van der Waals surface area (Å²) in [5.74, 6) is 1.01. The van der Waals surface area contributed by atoms with Crippen molar-refractivity contribution in [2.45, 2.75) is 83.5 Å². The Labute approximate surface area is 162 Å². The summed E-state index contributed by atoms with van der Waals surface area (Å²) in [6.45, 7) is 6.64. The zero-order chi connectivity index (χ0) is 18.7. The predicted octanol–water partition coefficient (Wildman–Crippen LogP) is 5.67. The van der Waals surface area contributed by atoms with Gasteiger partial charge in [0.15, 0.2) is 0 Å². The van der Waals surface area contributed by atoms with E-state index < -0.39 is 0 Å². The van der Waals surface area contributed by atoms with Crippen molar-refractivity contribution in [3.63, 3.8) is 0 Å². The lowest BCUT2D eigenvalue weighted by Crippen LogP contribution is -2.54. The minimum atomic E-state index is -0.220. The third-order valence-electron chi connectivity index (χ3n) is 5.80. The molecular weight excluding hydrogens is 346 g/mol. The molecule has 1 N–H and O–H groups in total. The number of benzene rings is 1. The average molecular weight is 378 g/mol. The molecule has 1 aromatic carbocycles. The molecule has 2 fully saturated rings. The highest BCUT2D eigenvalue weighted by Crippen LogP contribution is 2.40. The largest absolute Gasteiger partial charge is 0.370 e. The van der Waals surface area contributed by atoms with Crippen molar-refractivity contribution in [3.05, 3.63) is 34.9 Å². The summed E-state index contributed by atoms with van der Waals surface area (Å²) in [7, 11) is 0. The molecule has 1 aliphatic heterocycles. The van der Waals surface area contributed by atoms with Gasteiger partial charge in [-0.15, -0.1) is 0 Å². The van der Waals surface area contributed by atoms with E-state index in [0.29, 0.717) is 5.92 Å². The van der Waals surface area contributed by atoms with Crippen LogP contribution in [0.25, 0.3) is 0 Å². The van der Waals surface area contributed by atoms with Gasteiger partial charge < -0.3 is 10.1 Å². The lowest BCUT2D eigenvalue weighted by Gasteiger charge is -2.44. The van der Waals surface area contributed by atoms with E-state index in [9.17, 15) is 4.79 Å². The second-order valence-electron chi connectivity index (χ2n) is 8.87. The van der Waals surface area contributed by atoms with Crippen LogP contribution in [-0.2, 0) is 9.53 Å². The number of ether oxygens (including phenoxy) is 1. The maximum atomic E-state index is 12.8. The first-order chi connectivity index (χ1) is 12.3. The maximum Gasteiger partial charge on any atom is 0.223 e. The van der Waals surface area contributed by atoms with E-state index in [1.54, 1.807) is 0 Å². The predicted molar refractivity (Wildman–Crippen MR) is 106 cm³/mol. The van der Waals surface area contributed by atoms with Crippen molar-refractivity contribution in [2.24, 2.45) is 11.8 Å². The van der Waals surface area contributed by atoms with Gasteiger partial charge in [-0.05, 0) is 56.2 Å². The third kappa shape index (κ3) is 5.01. The minimum absolute atomic E-state index is 0.00125. The number of carbonyl (C=O) groups excluding carboxylic acids is 1. The normalized spacial score (nSPS) is 29.9. The van der Waals surface area contributed by atoms with Crippen molar-refractivity contribution in [1.82, 2.24) is 5.32 Å². The smallest absolute Gasteiger partial charge is 0.223 e. The second kappa shape index (κ2) is 8.31. The van der Waals surface area contributed by atoms with Gasteiger partial charge in [0.2, 0.25) is 5.91 Å². The van der Waals surface area contributed by atoms with E-state index in [1.807, 2.05) is 24.3 Å². The summed E-state index contributed by atoms with van der Waals surface area (Å²) in [5.41, 5.74) is 0.922. The fourth-order valence-electron chi connectivity index (χ4n) is 4.55. The van der Waals surface area contributed by atoms with Crippen LogP contribution < -0.4 is 5.32 Å². The fourth-order valence-corrected chi connectivity index (χ4v) is 4.68. The molecule has 1 heterocycles. The van der Waals surface area contributed by atoms with E-state index in [1.165, 1.54) is 12.8 Å². The quantitative estimate of drug-likeness (QED) is 0.717. The number of carbonyl (C=O) groups is 1. The number of halogens is 1. The molecule has 144 valence electrons. The van der Waals surface area contributed by atoms with Crippen LogP contribution in [-0.4, -0.2) is 17.6 Å². The Morgan fingerprint density at radius 1 is 1.23 bits per heavy atom. The number of hydrogen-bond acceptors (Lipinski definition) is 2. The highest BCUT2D eigenvalue weighted by molar-refractivity contribution is 6.30. The molecule has 1 amide bonds. The van der Waals surface area contributed by atoms with Crippen molar-refractivity contribution in [2.75, 3.05) is 0 Å². The average Bonchev–Trinajstić information content (AvgIpc) is 3.08. The Morgan fingerprint density at radius 2 is 1.88 bits per heavy atom. The number of nitrogens with one attached hydrogen (secondary N) is 1. The van der Waals surface area contributed by atoms with Crippen LogP contribution in [0.4, 0.5) is 0 Å². The molecule has 3 rings (SSSR count). The molecular formula is C22H32ClNO2. The Balaban J connectivity index is 1.76. The van der Waals surface area contributed by atoms with E-state index >= 15 is 0 Å². The molecule has 1 saturated carbocycles. The Bertz CT molecular complexity index is 609. The first-order valence-corrected chi connectivity index (χ1v) is 10.5. The molecule has 2 aliphatic rings. The van der Waals surface area contributed by atoms with Crippen molar-refractivity contribution in [3.8, 4) is 0 Å². The van der Waals surface area contributed by atoms with Crippen LogP contribution in [0.3, 0.4) is 0 Å². The Morgan fingerprint density at radius 3 is 2.50 bits per heavy atom. The second-order valence-corrected chi connectivity index (χ2v) is 9.30. The van der Waals surface area contributed by atoms with Gasteiger partial charge in [-0.1, -0.05) is 50.4 Å². The van der Waals surface area contributed by atoms with E-state index in [-0.39, 0.29) is 29.6 Å². The van der Waals surface area contributed by atoms with E-state index in [0.717, 1.165) is 42.7 Å². The standard InChI is InChI=1S/C22H32ClNO2/c1-15(2)12-19-13-22(3,24-21(25)17-6-4-5-7-17)14-20(26-19)16-8-10-18(23)11-9-16/h8-11,15,17,19-20H,4-7,12-14H2,1-3H3,(H,24,25)/t19-,20-,22+/m0/s1. The van der Waals surface area contributed by atoms with Gasteiger partial charge in [-0.2, -0.15) is 0 Å². The Hall–Kier alpha value is -1.06. The topological polar surface area (TPSA) is 38.3 Å². The maximum absolute atomic E-state index is 12.8. The minimum Gasteiger partial charge on any atom is -0.370 e. The molecule has 3 atom stereocenters. The van der Waals surface area contributed by atoms with Gasteiger partial charge in [0, 0.05) is 22.9 Å². The van der Waals surface area contributed by atoms with Gasteiger partial charge >= 0.3 is 0 Å². The van der Waals surface area contributed by atoms with Crippen molar-refractivity contribution >= 4 is 17.5 Å². The van der Waals surface area contributed by atoms with Crippen LogP contribution in [0.5, 0.6) is 0 Å². The first-order valence-electron chi connectivity index (χ1n) is 10.1. The summed E-state index contributed by atoms with van der Waals surface area (Å²) in [5, 5.41) is 4.14. The summed E-state index contributed by atoms with van der Waals surface area (Å²) in [6.07, 6.45) is 7.30. The zero-order valence-corrected chi connectivity index (χ0v) is 17.0. The highest BCUT2D eigenvalue weighted by atomic mass is 35.5. The first kappa shape index (κ1) is 19.7. The molecule has 1 aromatic rings. The van der Waals surface area contributed by atoms with E-state index in [4.69, 9.17) is 16.3 Å². The summed E-state index contributed by atoms with van der Waals surface area (Å²) < 4.78 is 6.43. The Kier molecular flexibility index (Phi) is 6.29. The molecule has 3 nitrogen and oxygen atoms in total. The van der Waals surface area contributed by atoms with Crippen LogP contribution in [0.2, 0.25) is 5.02 Å². The van der Waals surface area contributed by atoms with Gasteiger partial charge in [-0.25, -0.2) is 0 Å². The van der Waals surface area contributed by atoms with Crippen LogP contribution >= 0.6 is 11.6 Å². The SMILES string of the molecule is CC(C)C[C@H]1C[C@@](C)(NC(=O)C2CCCC2)C[C@@H](c2ccc(Cl)cc2)O1. The number of amides is 1. The number of hydrogen-bond donors (Lipinski definition) is 1. The zero-order valence-electron chi connectivity index (χ0n) is 16.3. The molecule has 26 heavy (non-hydrogen) atoms. The molecule has 0 aromatic heterocycles. The van der Waals surface area contributed by atoms with Crippen LogP contribution in [0.1, 0.15) is 77.4 Å². The molecule has 0 bridgehead atoms. The van der Waals surface area contributed by atoms with Gasteiger partial charge in [0.25, 0.3) is 0 Å². The van der Waals surface area contributed by atoms with Crippen LogP contribution in [0.15, 0.2) is 24.3 Å². The molecule has 0 radical (unpaired) electrons.